The molecule has 0 radical (unpaired) electrons. The molecule has 0 bridgehead atoms. The predicted molar refractivity (Wildman–Crippen MR) is 69.2 cm³/mol. The number of nitro benzene ring substituents is 1. The van der Waals surface area contributed by atoms with Crippen LogP contribution in [0.5, 0.6) is 0 Å². The molecule has 0 aromatic heterocycles. The Morgan fingerprint density at radius 2 is 2.26 bits per heavy atom. The summed E-state index contributed by atoms with van der Waals surface area (Å²) in [7, 11) is 0. The first-order valence-electron chi connectivity index (χ1n) is 5.35. The molecule has 8 nitrogen and oxygen atoms in total. The molecule has 0 heterocycles. The van der Waals surface area contributed by atoms with Gasteiger partial charge in [0.25, 0.3) is 5.69 Å². The number of nitro groups is 1. The monoisotopic (exact) mass is 261 g/mol. The van der Waals surface area contributed by atoms with Crippen LogP contribution >= 0.6 is 0 Å². The molecule has 19 heavy (non-hydrogen) atoms. The normalized spacial score (nSPS) is 9.89. The Morgan fingerprint density at radius 3 is 2.95 bits per heavy atom. The Labute approximate surface area is 108 Å². The van der Waals surface area contributed by atoms with Crippen molar-refractivity contribution in [2.75, 3.05) is 13.1 Å². The second kappa shape index (κ2) is 7.46. The number of azide groups is 1. The lowest BCUT2D eigenvalue weighted by Gasteiger charge is -1.98. The zero-order valence-electron chi connectivity index (χ0n) is 9.89. The predicted octanol–water partition coefficient (Wildman–Crippen LogP) is 2.03. The molecule has 0 aliphatic carbocycles. The number of benzene rings is 1. The maximum absolute atomic E-state index is 11.4. The third-order valence-corrected chi connectivity index (χ3v) is 2.12. The van der Waals surface area contributed by atoms with Gasteiger partial charge in [0.2, 0.25) is 5.91 Å². The zero-order chi connectivity index (χ0) is 14.1. The molecule has 0 saturated heterocycles. The molecule has 1 aromatic carbocycles. The van der Waals surface area contributed by atoms with Gasteiger partial charge in [0, 0.05) is 30.1 Å². The van der Waals surface area contributed by atoms with Crippen molar-refractivity contribution >= 4 is 17.7 Å². The fourth-order valence-electron chi connectivity index (χ4n) is 1.29. The molecule has 0 unspecified atom stereocenters. The van der Waals surface area contributed by atoms with Gasteiger partial charge in [-0.3, -0.25) is 14.9 Å². The van der Waals surface area contributed by atoms with Gasteiger partial charge >= 0.3 is 0 Å². The van der Waals surface area contributed by atoms with Crippen molar-refractivity contribution in [3.8, 4) is 0 Å². The Kier molecular flexibility index (Phi) is 5.58. The third kappa shape index (κ3) is 4.88. The second-order valence-corrected chi connectivity index (χ2v) is 3.39. The molecule has 1 rings (SSSR count). The summed E-state index contributed by atoms with van der Waals surface area (Å²) in [6, 6.07) is 6.10. The summed E-state index contributed by atoms with van der Waals surface area (Å²) in [5.74, 6) is -0.411. The molecule has 0 aliphatic heterocycles. The van der Waals surface area contributed by atoms with Gasteiger partial charge in [0.1, 0.15) is 0 Å². The second-order valence-electron chi connectivity index (χ2n) is 3.39. The van der Waals surface area contributed by atoms with Gasteiger partial charge in [-0.2, -0.15) is 0 Å². The van der Waals surface area contributed by atoms with Crippen LogP contribution in [0.25, 0.3) is 16.5 Å². The highest BCUT2D eigenvalue weighted by Crippen LogP contribution is 2.18. The summed E-state index contributed by atoms with van der Waals surface area (Å²) in [6.07, 6.45) is 2.56. The Morgan fingerprint density at radius 1 is 1.53 bits per heavy atom. The minimum atomic E-state index is -0.515. The minimum Gasteiger partial charge on any atom is -0.352 e. The van der Waals surface area contributed by atoms with E-state index >= 15 is 0 Å². The van der Waals surface area contributed by atoms with Crippen molar-refractivity contribution < 1.29 is 9.72 Å². The standard InChI is InChI=1S/C11H11N5O3/c12-15-14-8-7-13-11(17)6-5-9-3-1-2-4-10(9)16(18)19/h1-6H,7-8H2,(H,13,17)/b6-5+. The summed E-state index contributed by atoms with van der Waals surface area (Å²) in [5, 5.41) is 16.5. The van der Waals surface area contributed by atoms with E-state index in [-0.39, 0.29) is 18.8 Å². The number of nitrogens with zero attached hydrogens (tertiary/aromatic N) is 4. The van der Waals surface area contributed by atoms with Gasteiger partial charge in [0.05, 0.1) is 10.5 Å². The van der Waals surface area contributed by atoms with E-state index in [0.29, 0.717) is 5.56 Å². The first-order valence-corrected chi connectivity index (χ1v) is 5.35. The zero-order valence-corrected chi connectivity index (χ0v) is 9.89. The third-order valence-electron chi connectivity index (χ3n) is 2.12. The summed E-state index contributed by atoms with van der Waals surface area (Å²) in [6.45, 7) is 0.367. The quantitative estimate of drug-likeness (QED) is 0.160. The van der Waals surface area contributed by atoms with E-state index < -0.39 is 10.8 Å². The largest absolute Gasteiger partial charge is 0.352 e. The average Bonchev–Trinajstić information content (AvgIpc) is 2.41. The van der Waals surface area contributed by atoms with Crippen molar-refractivity contribution in [2.45, 2.75) is 0 Å². The van der Waals surface area contributed by atoms with Crippen LogP contribution in [0.1, 0.15) is 5.56 Å². The van der Waals surface area contributed by atoms with Gasteiger partial charge in [0.15, 0.2) is 0 Å². The SMILES string of the molecule is [N-]=[N+]=NCCNC(=O)/C=C/c1ccccc1[N+](=O)[O-]. The minimum absolute atomic E-state index is 0.0689. The summed E-state index contributed by atoms with van der Waals surface area (Å²) < 4.78 is 0. The number of rotatable bonds is 6. The van der Waals surface area contributed by atoms with E-state index in [1.54, 1.807) is 18.2 Å². The van der Waals surface area contributed by atoms with Crippen molar-refractivity contribution in [1.29, 1.82) is 0 Å². The van der Waals surface area contributed by atoms with Gasteiger partial charge in [-0.25, -0.2) is 0 Å². The number of carbonyl (C=O) groups is 1. The average molecular weight is 261 g/mol. The number of hydrogen-bond acceptors (Lipinski definition) is 4. The summed E-state index contributed by atoms with van der Waals surface area (Å²) in [5.41, 5.74) is 8.31. The van der Waals surface area contributed by atoms with E-state index in [1.807, 2.05) is 0 Å². The molecular weight excluding hydrogens is 250 g/mol. The van der Waals surface area contributed by atoms with Crippen molar-refractivity contribution in [2.24, 2.45) is 5.11 Å². The number of hydrogen-bond donors (Lipinski definition) is 1. The lowest BCUT2D eigenvalue weighted by Crippen LogP contribution is -2.23. The molecule has 0 aliphatic rings. The van der Waals surface area contributed by atoms with Crippen LogP contribution in [0, 0.1) is 10.1 Å². The van der Waals surface area contributed by atoms with Gasteiger partial charge in [-0.1, -0.05) is 17.2 Å². The molecule has 98 valence electrons. The topological polar surface area (TPSA) is 121 Å². The Bertz CT molecular complexity index is 549. The highest BCUT2D eigenvalue weighted by Gasteiger charge is 2.09. The molecule has 0 atom stereocenters. The Balaban J connectivity index is 2.63. The van der Waals surface area contributed by atoms with E-state index in [2.05, 4.69) is 15.3 Å². The van der Waals surface area contributed by atoms with Crippen LogP contribution in [-0.2, 0) is 4.79 Å². The lowest BCUT2D eigenvalue weighted by molar-refractivity contribution is -0.385. The van der Waals surface area contributed by atoms with Crippen molar-refractivity contribution in [1.82, 2.24) is 5.32 Å². The fourth-order valence-corrected chi connectivity index (χ4v) is 1.29. The first-order chi connectivity index (χ1) is 9.15. The molecule has 1 aromatic rings. The van der Waals surface area contributed by atoms with Crippen LogP contribution < -0.4 is 5.32 Å². The number of para-hydroxylation sites is 1. The van der Waals surface area contributed by atoms with Crippen molar-refractivity contribution in [3.63, 3.8) is 0 Å². The van der Waals surface area contributed by atoms with Crippen LogP contribution in [0.2, 0.25) is 0 Å². The highest BCUT2D eigenvalue weighted by atomic mass is 16.6. The van der Waals surface area contributed by atoms with Gasteiger partial charge < -0.3 is 5.32 Å². The van der Waals surface area contributed by atoms with E-state index in [0.717, 1.165) is 0 Å². The molecule has 1 N–H and O–H groups in total. The number of carbonyl (C=O) groups excluding carboxylic acids is 1. The lowest BCUT2D eigenvalue weighted by atomic mass is 10.1. The molecular formula is C11H11N5O3. The van der Waals surface area contributed by atoms with Gasteiger partial charge in [-0.05, 0) is 17.7 Å². The Hall–Kier alpha value is -2.86. The molecule has 8 heteroatoms. The highest BCUT2D eigenvalue weighted by molar-refractivity contribution is 5.92. The van der Waals surface area contributed by atoms with Crippen LogP contribution in [0.3, 0.4) is 0 Å². The maximum atomic E-state index is 11.4. The molecule has 0 spiro atoms. The maximum Gasteiger partial charge on any atom is 0.276 e. The number of nitrogens with one attached hydrogen (secondary N) is 1. The van der Waals surface area contributed by atoms with E-state index in [1.165, 1.54) is 18.2 Å². The smallest absolute Gasteiger partial charge is 0.276 e. The van der Waals surface area contributed by atoms with E-state index in [9.17, 15) is 14.9 Å². The van der Waals surface area contributed by atoms with Gasteiger partial charge in [-0.15, -0.1) is 0 Å². The summed E-state index contributed by atoms with van der Waals surface area (Å²) in [4.78, 5) is 24.1. The molecule has 0 saturated carbocycles. The molecule has 0 fully saturated rings. The fraction of sp³-hybridized carbons (Fsp3) is 0.182. The van der Waals surface area contributed by atoms with Crippen LogP contribution in [-0.4, -0.2) is 23.9 Å². The number of amides is 1. The van der Waals surface area contributed by atoms with E-state index in [4.69, 9.17) is 5.53 Å². The van der Waals surface area contributed by atoms with Crippen LogP contribution in [0.4, 0.5) is 5.69 Å². The van der Waals surface area contributed by atoms with Crippen molar-refractivity contribution in [3.05, 3.63) is 56.5 Å². The molecule has 1 amide bonds. The van der Waals surface area contributed by atoms with Crippen LogP contribution in [0.15, 0.2) is 35.5 Å². The summed E-state index contributed by atoms with van der Waals surface area (Å²) >= 11 is 0. The first kappa shape index (κ1) is 14.2.